The number of ether oxygens (including phenoxy) is 4. The molecule has 0 amide bonds. The van der Waals surface area contributed by atoms with Crippen LogP contribution in [-0.4, -0.2) is 97.5 Å². The first-order chi connectivity index (χ1) is 23.5. The van der Waals surface area contributed by atoms with Gasteiger partial charge in [-0.3, -0.25) is 0 Å². The monoisotopic (exact) mass is 736 g/mol. The fraction of sp³-hybridized carbons (Fsp3) is 0.412. The molecule has 0 saturated heterocycles. The second-order valence-electron chi connectivity index (χ2n) is 11.8. The number of hydrogen-bond donors (Lipinski definition) is 2. The van der Waals surface area contributed by atoms with E-state index in [9.17, 15) is 29.4 Å². The van der Waals surface area contributed by atoms with E-state index in [0.29, 0.717) is 11.1 Å². The highest BCUT2D eigenvalue weighted by Crippen LogP contribution is 2.43. The molecule has 0 saturated carbocycles. The Hall–Kier alpha value is -4.18. The molecule has 16 heteroatoms. The van der Waals surface area contributed by atoms with Gasteiger partial charge in [0.05, 0.1) is 34.0 Å². The van der Waals surface area contributed by atoms with Gasteiger partial charge in [-0.05, 0) is 68.0 Å². The summed E-state index contributed by atoms with van der Waals surface area (Å²) in [7, 11) is 6.96. The minimum Gasteiger partial charge on any atom is -0.462 e. The fourth-order valence-electron chi connectivity index (χ4n) is 5.34. The number of aryl methyl sites for hydroxylation is 2. The van der Waals surface area contributed by atoms with E-state index in [1.165, 1.54) is 12.1 Å². The van der Waals surface area contributed by atoms with Crippen LogP contribution in [0.5, 0.6) is 11.5 Å². The van der Waals surface area contributed by atoms with Gasteiger partial charge in [0.2, 0.25) is 0 Å². The second kappa shape index (κ2) is 15.8. The molecular weight excluding hydrogens is 699 g/mol. The molecule has 4 aromatic rings. The third-order valence-electron chi connectivity index (χ3n) is 7.37. The number of benzene rings is 2. The minimum absolute atomic E-state index is 0.0195. The number of nitrogens with zero attached hydrogens (tertiary/aromatic N) is 2. The largest absolute Gasteiger partial charge is 0.462 e. The Kier molecular flexibility index (Phi) is 12.2. The van der Waals surface area contributed by atoms with Crippen LogP contribution < -0.4 is 9.47 Å². The lowest BCUT2D eigenvalue weighted by Crippen LogP contribution is -2.44. The molecule has 2 heterocycles. The summed E-state index contributed by atoms with van der Waals surface area (Å²) >= 11 is 13.4. The molecule has 0 spiro atoms. The summed E-state index contributed by atoms with van der Waals surface area (Å²) in [6.45, 7) is 6.85. The van der Waals surface area contributed by atoms with E-state index in [2.05, 4.69) is 0 Å². The van der Waals surface area contributed by atoms with E-state index in [0.717, 1.165) is 0 Å². The number of rotatable bonds is 13. The molecule has 50 heavy (non-hydrogen) atoms. The number of aliphatic hydroxyl groups excluding tert-OH is 2. The zero-order chi connectivity index (χ0) is 37.2. The first-order valence-corrected chi connectivity index (χ1v) is 16.2. The van der Waals surface area contributed by atoms with Crippen LogP contribution in [0.2, 0.25) is 10.0 Å². The van der Waals surface area contributed by atoms with Crippen LogP contribution in [0, 0.1) is 13.8 Å². The number of aliphatic hydroxyl groups is 2. The highest BCUT2D eigenvalue weighted by molar-refractivity contribution is 6.39. The summed E-state index contributed by atoms with van der Waals surface area (Å²) in [6, 6.07) is 3.03. The molecule has 2 aromatic heterocycles. The normalized spacial score (nSPS) is 12.8. The van der Waals surface area contributed by atoms with Crippen molar-refractivity contribution in [3.8, 4) is 11.5 Å². The van der Waals surface area contributed by atoms with Crippen LogP contribution in [0.1, 0.15) is 57.2 Å². The van der Waals surface area contributed by atoms with E-state index >= 15 is 0 Å². The zero-order valence-corrected chi connectivity index (χ0v) is 30.3. The Labute approximate surface area is 297 Å². The predicted octanol–water partition coefficient (Wildman–Crippen LogP) is 4.81. The van der Waals surface area contributed by atoms with Crippen LogP contribution in [0.3, 0.4) is 0 Å². The molecule has 270 valence electrons. The molecule has 0 radical (unpaired) electrons. The molecule has 0 aliphatic carbocycles. The Morgan fingerprint density at radius 2 is 1.04 bits per heavy atom. The van der Waals surface area contributed by atoms with Crippen molar-refractivity contribution >= 4 is 69.0 Å². The molecule has 2 atom stereocenters. The van der Waals surface area contributed by atoms with Gasteiger partial charge in [-0.2, -0.15) is 0 Å². The Balaban J connectivity index is 1.69. The summed E-state index contributed by atoms with van der Waals surface area (Å²) in [5, 5.41) is 21.5. The van der Waals surface area contributed by atoms with Gasteiger partial charge in [0.1, 0.15) is 33.8 Å². The smallest absolute Gasteiger partial charge is 0.343 e. The van der Waals surface area contributed by atoms with Gasteiger partial charge in [-0.1, -0.05) is 23.2 Å². The van der Waals surface area contributed by atoms with Crippen molar-refractivity contribution in [1.82, 2.24) is 9.80 Å². The molecule has 2 N–H and O–H groups in total. The van der Waals surface area contributed by atoms with E-state index in [1.54, 1.807) is 65.7 Å². The maximum atomic E-state index is 13.3. The van der Waals surface area contributed by atoms with Crippen LogP contribution >= 0.6 is 23.2 Å². The van der Waals surface area contributed by atoms with Crippen molar-refractivity contribution < 1.29 is 57.2 Å². The topological polar surface area (TPSA) is 178 Å². The predicted molar refractivity (Wildman–Crippen MR) is 182 cm³/mol. The van der Waals surface area contributed by atoms with Crippen molar-refractivity contribution in [2.75, 3.05) is 41.4 Å². The number of halogens is 2. The van der Waals surface area contributed by atoms with Crippen molar-refractivity contribution in [3.63, 3.8) is 0 Å². The van der Waals surface area contributed by atoms with Gasteiger partial charge in [0.15, 0.2) is 23.7 Å². The third-order valence-corrected chi connectivity index (χ3v) is 8.10. The molecule has 0 aliphatic rings. The maximum absolute atomic E-state index is 13.3. The molecular formula is C34H38Cl2N2O12. The van der Waals surface area contributed by atoms with E-state index in [4.69, 9.17) is 51.0 Å². The summed E-state index contributed by atoms with van der Waals surface area (Å²) in [4.78, 5) is 55.5. The lowest BCUT2D eigenvalue weighted by molar-refractivity contribution is -0.162. The molecule has 0 aliphatic heterocycles. The van der Waals surface area contributed by atoms with Crippen LogP contribution in [0.15, 0.2) is 21.0 Å². The summed E-state index contributed by atoms with van der Waals surface area (Å²) in [5.41, 5.74) is 1.14. The van der Waals surface area contributed by atoms with Crippen molar-refractivity contribution in [2.24, 2.45) is 0 Å². The highest BCUT2D eigenvalue weighted by Gasteiger charge is 2.37. The van der Waals surface area contributed by atoms with Crippen LogP contribution in [0.25, 0.3) is 21.9 Å². The molecule has 2 aromatic carbocycles. The van der Waals surface area contributed by atoms with Gasteiger partial charge in [-0.25, -0.2) is 19.2 Å². The fourth-order valence-corrected chi connectivity index (χ4v) is 6.04. The summed E-state index contributed by atoms with van der Waals surface area (Å²) in [5.74, 6) is -4.41. The highest BCUT2D eigenvalue weighted by atomic mass is 35.5. The van der Waals surface area contributed by atoms with E-state index < -0.39 is 36.1 Å². The Morgan fingerprint density at radius 1 is 0.700 bits per heavy atom. The molecule has 2 unspecified atom stereocenters. The number of carbonyl (C=O) groups excluding carboxylic acids is 4. The summed E-state index contributed by atoms with van der Waals surface area (Å²) in [6.07, 6.45) is -4.94. The van der Waals surface area contributed by atoms with Crippen molar-refractivity contribution in [1.29, 1.82) is 0 Å². The lowest BCUT2D eigenvalue weighted by Gasteiger charge is -2.20. The molecule has 0 bridgehead atoms. The SMILES string of the molecule is CCOC(=O)c1c(C)oc2cc(CN(C)C)c(OC(=O)C(O)C(O)C(=O)Oc3c(CN(C)C)cc4oc(C)c(C(=O)OCC)c4c3Cl)c(Cl)c12. The number of fused-ring (bicyclic) bond motifs is 2. The van der Waals surface area contributed by atoms with Gasteiger partial charge < -0.3 is 47.8 Å². The lowest BCUT2D eigenvalue weighted by atomic mass is 10.1. The van der Waals surface area contributed by atoms with Gasteiger partial charge >= 0.3 is 23.9 Å². The number of furan rings is 2. The number of hydrogen-bond acceptors (Lipinski definition) is 14. The standard InChI is InChI=1S/C34H38Cl2N2O12/c1-9-45-31(41)21-15(3)47-19-11-17(13-37(5)6)29(25(35)23(19)21)49-33(43)27(39)28(40)34(44)50-30-18(14-38(7)8)12-20-24(26(30)36)22(16(4)48-20)32(42)46-10-2/h11-12,27-28,39-40H,9-10,13-14H2,1-8H3. The molecule has 0 fully saturated rings. The average molecular weight is 738 g/mol. The van der Waals surface area contributed by atoms with E-state index in [-0.39, 0.29) is 92.4 Å². The summed E-state index contributed by atoms with van der Waals surface area (Å²) < 4.78 is 32.8. The average Bonchev–Trinajstić information content (AvgIpc) is 3.55. The van der Waals surface area contributed by atoms with Crippen LogP contribution in [0.4, 0.5) is 0 Å². The number of esters is 4. The Morgan fingerprint density at radius 3 is 1.34 bits per heavy atom. The minimum atomic E-state index is -2.47. The van der Waals surface area contributed by atoms with Crippen molar-refractivity contribution in [3.05, 3.63) is 56.0 Å². The zero-order valence-electron chi connectivity index (χ0n) is 28.8. The maximum Gasteiger partial charge on any atom is 0.343 e. The first-order valence-electron chi connectivity index (χ1n) is 15.4. The molecule has 14 nitrogen and oxygen atoms in total. The Bertz CT molecular complexity index is 1820. The van der Waals surface area contributed by atoms with E-state index in [1.807, 2.05) is 0 Å². The quantitative estimate of drug-likeness (QED) is 0.141. The third kappa shape index (κ3) is 7.75. The van der Waals surface area contributed by atoms with Gasteiger partial charge in [0.25, 0.3) is 0 Å². The van der Waals surface area contributed by atoms with Gasteiger partial charge in [0, 0.05) is 24.2 Å². The van der Waals surface area contributed by atoms with Gasteiger partial charge in [-0.15, -0.1) is 0 Å². The first kappa shape index (κ1) is 38.6. The number of carbonyl (C=O) groups is 4. The van der Waals surface area contributed by atoms with Crippen molar-refractivity contribution in [2.45, 2.75) is 53.0 Å². The van der Waals surface area contributed by atoms with Crippen LogP contribution in [-0.2, 0) is 32.2 Å². The second-order valence-corrected chi connectivity index (χ2v) is 12.6. The molecule has 4 rings (SSSR count).